The molecule has 0 bridgehead atoms. The first-order chi connectivity index (χ1) is 7.16. The van der Waals surface area contributed by atoms with Crippen LogP contribution in [0.2, 0.25) is 0 Å². The van der Waals surface area contributed by atoms with Crippen LogP contribution in [0.1, 0.15) is 46.3 Å². The van der Waals surface area contributed by atoms with E-state index in [0.717, 1.165) is 17.2 Å². The van der Waals surface area contributed by atoms with Gasteiger partial charge in [0.15, 0.2) is 5.82 Å². The lowest BCUT2D eigenvalue weighted by Gasteiger charge is -1.99. The number of rotatable bonds is 2. The lowest BCUT2D eigenvalue weighted by Crippen LogP contribution is -1.94. The van der Waals surface area contributed by atoms with Crippen molar-refractivity contribution < 1.29 is 0 Å². The second-order valence-electron chi connectivity index (χ2n) is 2.40. The van der Waals surface area contributed by atoms with Crippen LogP contribution in [-0.4, -0.2) is 14.8 Å². The number of hydrogen-bond acceptors (Lipinski definition) is 2. The minimum Gasteiger partial charge on any atom is -0.287 e. The van der Waals surface area contributed by atoms with Crippen molar-refractivity contribution in [2.75, 3.05) is 0 Å². The molecule has 86 valence electrons. The van der Waals surface area contributed by atoms with Crippen molar-refractivity contribution in [1.29, 1.82) is 0 Å². The van der Waals surface area contributed by atoms with Gasteiger partial charge in [-0.2, -0.15) is 0 Å². The van der Waals surface area contributed by atoms with E-state index in [-0.39, 0.29) is 0 Å². The van der Waals surface area contributed by atoms with E-state index in [9.17, 15) is 0 Å². The van der Waals surface area contributed by atoms with E-state index in [1.807, 2.05) is 46.1 Å². The molecule has 0 spiro atoms. The fourth-order valence-electron chi connectivity index (χ4n) is 0.879. The van der Waals surface area contributed by atoms with Crippen molar-refractivity contribution in [1.82, 2.24) is 14.8 Å². The molecule has 1 heterocycles. The SMILES string of the molecule is C=Cn1c(C)nnc1C(=C)C.CC.CC. The summed E-state index contributed by atoms with van der Waals surface area (Å²) in [6, 6.07) is 0. The molecule has 15 heavy (non-hydrogen) atoms. The molecule has 0 N–H and O–H groups in total. The average Bonchev–Trinajstić information content (AvgIpc) is 2.65. The zero-order valence-electron chi connectivity index (χ0n) is 10.8. The van der Waals surface area contributed by atoms with Gasteiger partial charge in [0, 0.05) is 6.20 Å². The molecule has 1 aromatic rings. The fraction of sp³-hybridized carbons (Fsp3) is 0.500. The Hall–Kier alpha value is -1.38. The van der Waals surface area contributed by atoms with Crippen LogP contribution in [0.25, 0.3) is 11.8 Å². The van der Waals surface area contributed by atoms with Crippen molar-refractivity contribution in [3.63, 3.8) is 0 Å². The minimum absolute atomic E-state index is 0.775. The first kappa shape index (κ1) is 16.1. The quantitative estimate of drug-likeness (QED) is 0.742. The summed E-state index contributed by atoms with van der Waals surface area (Å²) in [5.41, 5.74) is 0.894. The number of hydrogen-bond donors (Lipinski definition) is 0. The van der Waals surface area contributed by atoms with Crippen LogP contribution in [0.3, 0.4) is 0 Å². The Morgan fingerprint density at radius 2 is 1.67 bits per heavy atom. The number of aryl methyl sites for hydroxylation is 1. The maximum atomic E-state index is 3.93. The van der Waals surface area contributed by atoms with E-state index in [4.69, 9.17) is 0 Å². The summed E-state index contributed by atoms with van der Waals surface area (Å²) in [6.07, 6.45) is 1.68. The van der Waals surface area contributed by atoms with Crippen LogP contribution < -0.4 is 0 Å². The van der Waals surface area contributed by atoms with Crippen molar-refractivity contribution >= 4 is 11.8 Å². The second-order valence-corrected chi connectivity index (χ2v) is 2.40. The molecule has 0 saturated heterocycles. The van der Waals surface area contributed by atoms with Gasteiger partial charge in [-0.15, -0.1) is 10.2 Å². The summed E-state index contributed by atoms with van der Waals surface area (Å²) < 4.78 is 1.81. The van der Waals surface area contributed by atoms with Crippen LogP contribution in [0.15, 0.2) is 13.2 Å². The Bertz CT molecular complexity index is 298. The summed E-state index contributed by atoms with van der Waals surface area (Å²) in [7, 11) is 0. The van der Waals surface area contributed by atoms with Gasteiger partial charge in [-0.3, -0.25) is 4.57 Å². The first-order valence-corrected chi connectivity index (χ1v) is 5.36. The van der Waals surface area contributed by atoms with Gasteiger partial charge in [0.05, 0.1) is 0 Å². The van der Waals surface area contributed by atoms with E-state index >= 15 is 0 Å². The van der Waals surface area contributed by atoms with E-state index in [2.05, 4.69) is 23.4 Å². The van der Waals surface area contributed by atoms with E-state index in [1.54, 1.807) is 6.20 Å². The Balaban J connectivity index is 0. The van der Waals surface area contributed by atoms with Crippen LogP contribution in [0.5, 0.6) is 0 Å². The van der Waals surface area contributed by atoms with Gasteiger partial charge in [0.2, 0.25) is 0 Å². The zero-order valence-corrected chi connectivity index (χ0v) is 10.8. The van der Waals surface area contributed by atoms with Gasteiger partial charge in [-0.25, -0.2) is 0 Å². The normalized spacial score (nSPS) is 7.87. The molecule has 0 radical (unpaired) electrons. The third kappa shape index (κ3) is 4.58. The highest BCUT2D eigenvalue weighted by Crippen LogP contribution is 2.09. The molecule has 0 aromatic carbocycles. The monoisotopic (exact) mass is 209 g/mol. The smallest absolute Gasteiger partial charge is 0.163 e. The van der Waals surface area contributed by atoms with Gasteiger partial charge in [0.1, 0.15) is 5.82 Å². The maximum Gasteiger partial charge on any atom is 0.163 e. The van der Waals surface area contributed by atoms with Gasteiger partial charge < -0.3 is 0 Å². The molecule has 3 nitrogen and oxygen atoms in total. The van der Waals surface area contributed by atoms with E-state index in [0.29, 0.717) is 0 Å². The number of nitrogens with zero attached hydrogens (tertiary/aromatic N) is 3. The van der Waals surface area contributed by atoms with Gasteiger partial charge in [-0.1, -0.05) is 40.9 Å². The summed E-state index contributed by atoms with van der Waals surface area (Å²) in [5.74, 6) is 1.61. The number of allylic oxidation sites excluding steroid dienone is 1. The predicted octanol–water partition coefficient (Wildman–Crippen LogP) is 3.77. The highest BCUT2D eigenvalue weighted by Gasteiger charge is 2.04. The second kappa shape index (κ2) is 9.19. The molecular weight excluding hydrogens is 186 g/mol. The molecule has 0 aliphatic heterocycles. The number of aromatic nitrogens is 3. The first-order valence-electron chi connectivity index (χ1n) is 5.36. The van der Waals surface area contributed by atoms with Crippen molar-refractivity contribution in [2.45, 2.75) is 41.5 Å². The van der Waals surface area contributed by atoms with Crippen molar-refractivity contribution in [3.8, 4) is 0 Å². The largest absolute Gasteiger partial charge is 0.287 e. The summed E-state index contributed by atoms with van der Waals surface area (Å²) in [4.78, 5) is 0. The molecule has 0 amide bonds. The Morgan fingerprint density at radius 1 is 1.20 bits per heavy atom. The molecule has 0 fully saturated rings. The van der Waals surface area contributed by atoms with Crippen LogP contribution in [-0.2, 0) is 0 Å². The third-order valence-electron chi connectivity index (χ3n) is 1.43. The van der Waals surface area contributed by atoms with Crippen LogP contribution in [0, 0.1) is 6.92 Å². The molecule has 1 aromatic heterocycles. The Kier molecular flexibility index (Phi) is 9.84. The maximum absolute atomic E-state index is 3.93. The molecule has 3 heteroatoms. The van der Waals surface area contributed by atoms with Crippen molar-refractivity contribution in [3.05, 3.63) is 24.8 Å². The standard InChI is InChI=1S/C8H11N3.2C2H6/c1-5-11-7(4)9-10-8(11)6(2)3;2*1-2/h5H,1-2H2,3-4H3;2*1-2H3. The molecule has 1 rings (SSSR count). The fourth-order valence-corrected chi connectivity index (χ4v) is 0.879. The summed E-state index contributed by atoms with van der Waals surface area (Å²) >= 11 is 0. The molecule has 0 aliphatic carbocycles. The van der Waals surface area contributed by atoms with Gasteiger partial charge >= 0.3 is 0 Å². The van der Waals surface area contributed by atoms with Gasteiger partial charge in [0.25, 0.3) is 0 Å². The summed E-state index contributed by atoms with van der Waals surface area (Å²) in [5, 5.41) is 7.82. The lowest BCUT2D eigenvalue weighted by molar-refractivity contribution is 1.01. The van der Waals surface area contributed by atoms with Crippen LogP contribution >= 0.6 is 0 Å². The van der Waals surface area contributed by atoms with Crippen LogP contribution in [0.4, 0.5) is 0 Å². The van der Waals surface area contributed by atoms with E-state index < -0.39 is 0 Å². The third-order valence-corrected chi connectivity index (χ3v) is 1.43. The topological polar surface area (TPSA) is 30.7 Å². The molecule has 0 aliphatic rings. The lowest BCUT2D eigenvalue weighted by atomic mass is 10.3. The highest BCUT2D eigenvalue weighted by molar-refractivity contribution is 5.56. The minimum atomic E-state index is 0.775. The molecule has 0 unspecified atom stereocenters. The van der Waals surface area contributed by atoms with Gasteiger partial charge in [-0.05, 0) is 19.4 Å². The van der Waals surface area contributed by atoms with Crippen molar-refractivity contribution in [2.24, 2.45) is 0 Å². The average molecular weight is 209 g/mol. The molecular formula is C12H23N3. The Morgan fingerprint density at radius 3 is 1.93 bits per heavy atom. The molecule has 0 atom stereocenters. The van der Waals surface area contributed by atoms with E-state index in [1.165, 1.54) is 0 Å². The Labute approximate surface area is 93.5 Å². The summed E-state index contributed by atoms with van der Waals surface area (Å²) in [6.45, 7) is 19.2. The zero-order chi connectivity index (χ0) is 12.4. The predicted molar refractivity (Wildman–Crippen MR) is 68.6 cm³/mol. The highest BCUT2D eigenvalue weighted by atomic mass is 15.3. The molecule has 0 saturated carbocycles.